The van der Waals surface area contributed by atoms with Crippen LogP contribution in [-0.2, 0) is 4.74 Å². The average Bonchev–Trinajstić information content (AvgIpc) is 1.84. The number of hydrogen-bond acceptors (Lipinski definition) is 2. The average molecular weight is 143 g/mol. The lowest BCUT2D eigenvalue weighted by Crippen LogP contribution is -2.25. The summed E-state index contributed by atoms with van der Waals surface area (Å²) in [6, 6.07) is 0. The van der Waals surface area contributed by atoms with Crippen LogP contribution in [0.15, 0.2) is 12.3 Å². The Hall–Kier alpha value is -0.500. The monoisotopic (exact) mass is 143 g/mol. The van der Waals surface area contributed by atoms with Crippen LogP contribution in [-0.4, -0.2) is 12.1 Å². The second-order valence-corrected chi connectivity index (χ2v) is 2.89. The molecular formula is C8H17NO. The van der Waals surface area contributed by atoms with Gasteiger partial charge in [0.1, 0.15) is 5.60 Å². The van der Waals surface area contributed by atoms with Crippen LogP contribution < -0.4 is 5.73 Å². The zero-order chi connectivity index (χ0) is 8.04. The molecule has 0 aliphatic rings. The van der Waals surface area contributed by atoms with Gasteiger partial charge in [0.2, 0.25) is 0 Å². The minimum absolute atomic E-state index is 0.110. The molecule has 0 unspecified atom stereocenters. The molecule has 0 aromatic rings. The van der Waals surface area contributed by atoms with Crippen LogP contribution in [0.4, 0.5) is 0 Å². The largest absolute Gasteiger partial charge is 0.496 e. The molecule has 2 heteroatoms. The summed E-state index contributed by atoms with van der Waals surface area (Å²) in [6.45, 7) is 6.66. The summed E-state index contributed by atoms with van der Waals surface area (Å²) in [5, 5.41) is 0. The van der Waals surface area contributed by atoms with Crippen molar-refractivity contribution in [3.63, 3.8) is 0 Å². The van der Waals surface area contributed by atoms with E-state index in [0.29, 0.717) is 6.54 Å². The summed E-state index contributed by atoms with van der Waals surface area (Å²) in [5.41, 5.74) is 5.27. The summed E-state index contributed by atoms with van der Waals surface area (Å²) in [4.78, 5) is 0. The number of allylic oxidation sites excluding steroid dienone is 1. The van der Waals surface area contributed by atoms with Crippen molar-refractivity contribution < 1.29 is 4.74 Å². The van der Waals surface area contributed by atoms with Crippen molar-refractivity contribution in [3.8, 4) is 0 Å². The molecule has 0 radical (unpaired) electrons. The third-order valence-corrected chi connectivity index (χ3v) is 1.27. The maximum Gasteiger partial charge on any atom is 0.104 e. The minimum atomic E-state index is -0.110. The zero-order valence-corrected chi connectivity index (χ0v) is 7.05. The highest BCUT2D eigenvalue weighted by Gasteiger charge is 2.15. The van der Waals surface area contributed by atoms with Crippen LogP contribution >= 0.6 is 0 Å². The second-order valence-electron chi connectivity index (χ2n) is 2.89. The van der Waals surface area contributed by atoms with Gasteiger partial charge in [0, 0.05) is 0 Å². The highest BCUT2D eigenvalue weighted by Crippen LogP contribution is 2.12. The Morgan fingerprint density at radius 3 is 2.50 bits per heavy atom. The number of rotatable bonds is 4. The third-order valence-electron chi connectivity index (χ3n) is 1.27. The molecule has 2 nitrogen and oxygen atoms in total. The summed E-state index contributed by atoms with van der Waals surface area (Å²) in [6.07, 6.45) is 4.46. The first kappa shape index (κ1) is 9.50. The lowest BCUT2D eigenvalue weighted by atomic mass is 10.1. The zero-order valence-electron chi connectivity index (χ0n) is 7.05. The lowest BCUT2D eigenvalue weighted by Gasteiger charge is -2.23. The molecule has 0 aromatic heterocycles. The first-order valence-corrected chi connectivity index (χ1v) is 3.61. The third kappa shape index (κ3) is 4.39. The highest BCUT2D eigenvalue weighted by molar-refractivity contribution is 4.75. The maximum absolute atomic E-state index is 5.38. The van der Waals surface area contributed by atoms with Crippen molar-refractivity contribution in [3.05, 3.63) is 12.3 Å². The van der Waals surface area contributed by atoms with E-state index in [1.54, 1.807) is 6.26 Å². The van der Waals surface area contributed by atoms with E-state index < -0.39 is 0 Å². The summed E-state index contributed by atoms with van der Waals surface area (Å²) >= 11 is 0. The molecule has 10 heavy (non-hydrogen) atoms. The molecule has 0 aliphatic heterocycles. The molecular weight excluding hydrogens is 126 g/mol. The molecule has 0 bridgehead atoms. The molecule has 60 valence electrons. The Morgan fingerprint density at radius 2 is 2.10 bits per heavy atom. The Morgan fingerprint density at radius 1 is 1.50 bits per heavy atom. The summed E-state index contributed by atoms with van der Waals surface area (Å²) in [5.74, 6) is 0. The van der Waals surface area contributed by atoms with Crippen LogP contribution in [0.25, 0.3) is 0 Å². The Balaban J connectivity index is 3.62. The summed E-state index contributed by atoms with van der Waals surface area (Å²) in [7, 11) is 0. The van der Waals surface area contributed by atoms with Crippen LogP contribution in [0.2, 0.25) is 0 Å². The standard InChI is InChI=1S/C8H17NO/c1-4-7-10-8(2,3)5-6-9/h4,7H,5-6,9H2,1-3H3/b7-4+. The molecule has 2 N–H and O–H groups in total. The van der Waals surface area contributed by atoms with E-state index in [-0.39, 0.29) is 5.60 Å². The first-order chi connectivity index (χ1) is 4.62. The van der Waals surface area contributed by atoms with E-state index in [1.165, 1.54) is 0 Å². The van der Waals surface area contributed by atoms with Crippen molar-refractivity contribution in [2.75, 3.05) is 6.54 Å². The fourth-order valence-electron chi connectivity index (χ4n) is 0.659. The van der Waals surface area contributed by atoms with Crippen molar-refractivity contribution >= 4 is 0 Å². The molecule has 0 atom stereocenters. The van der Waals surface area contributed by atoms with Gasteiger partial charge in [0.15, 0.2) is 0 Å². The van der Waals surface area contributed by atoms with Gasteiger partial charge in [-0.25, -0.2) is 0 Å². The topological polar surface area (TPSA) is 35.2 Å². The van der Waals surface area contributed by atoms with E-state index in [1.807, 2.05) is 26.8 Å². The number of hydrogen-bond donors (Lipinski definition) is 1. The fourth-order valence-corrected chi connectivity index (χ4v) is 0.659. The predicted molar refractivity (Wildman–Crippen MR) is 43.6 cm³/mol. The van der Waals surface area contributed by atoms with Gasteiger partial charge in [-0.15, -0.1) is 0 Å². The van der Waals surface area contributed by atoms with Crippen LogP contribution in [0.5, 0.6) is 0 Å². The SMILES string of the molecule is C/C=C/OC(C)(C)CCN. The van der Waals surface area contributed by atoms with Crippen molar-refractivity contribution in [2.24, 2.45) is 5.73 Å². The smallest absolute Gasteiger partial charge is 0.104 e. The molecule has 0 saturated heterocycles. The van der Waals surface area contributed by atoms with Gasteiger partial charge in [-0.1, -0.05) is 6.08 Å². The molecule has 0 saturated carbocycles. The normalized spacial score (nSPS) is 12.4. The van der Waals surface area contributed by atoms with Crippen molar-refractivity contribution in [2.45, 2.75) is 32.8 Å². The molecule has 0 fully saturated rings. The lowest BCUT2D eigenvalue weighted by molar-refractivity contribution is 0.0517. The van der Waals surface area contributed by atoms with Gasteiger partial charge >= 0.3 is 0 Å². The highest BCUT2D eigenvalue weighted by atomic mass is 16.5. The molecule has 0 rings (SSSR count). The first-order valence-electron chi connectivity index (χ1n) is 3.61. The van der Waals surface area contributed by atoms with Crippen molar-refractivity contribution in [1.29, 1.82) is 0 Å². The van der Waals surface area contributed by atoms with Gasteiger partial charge in [-0.05, 0) is 33.7 Å². The number of ether oxygens (including phenoxy) is 1. The van der Waals surface area contributed by atoms with Crippen molar-refractivity contribution in [1.82, 2.24) is 0 Å². The summed E-state index contributed by atoms with van der Waals surface area (Å²) < 4.78 is 5.36. The maximum atomic E-state index is 5.38. The predicted octanol–water partition coefficient (Wildman–Crippen LogP) is 1.66. The van der Waals surface area contributed by atoms with E-state index in [2.05, 4.69) is 0 Å². The van der Waals surface area contributed by atoms with Gasteiger partial charge in [0.25, 0.3) is 0 Å². The molecule has 0 aromatic carbocycles. The molecule has 0 spiro atoms. The Kier molecular flexibility index (Phi) is 4.12. The van der Waals surface area contributed by atoms with Crippen LogP contribution in [0.3, 0.4) is 0 Å². The van der Waals surface area contributed by atoms with Gasteiger partial charge in [-0.2, -0.15) is 0 Å². The second kappa shape index (κ2) is 4.34. The van der Waals surface area contributed by atoms with E-state index in [9.17, 15) is 0 Å². The molecule has 0 aliphatic carbocycles. The van der Waals surface area contributed by atoms with Gasteiger partial charge in [-0.3, -0.25) is 0 Å². The van der Waals surface area contributed by atoms with E-state index in [4.69, 9.17) is 10.5 Å². The quantitative estimate of drug-likeness (QED) is 0.607. The minimum Gasteiger partial charge on any atom is -0.496 e. The Bertz CT molecular complexity index is 108. The van der Waals surface area contributed by atoms with Gasteiger partial charge in [0.05, 0.1) is 6.26 Å². The van der Waals surface area contributed by atoms with E-state index in [0.717, 1.165) is 6.42 Å². The fraction of sp³-hybridized carbons (Fsp3) is 0.750. The Labute approximate surface area is 63.1 Å². The van der Waals surface area contributed by atoms with Crippen LogP contribution in [0.1, 0.15) is 27.2 Å². The van der Waals surface area contributed by atoms with Gasteiger partial charge < -0.3 is 10.5 Å². The number of nitrogens with two attached hydrogens (primary N) is 1. The van der Waals surface area contributed by atoms with Crippen LogP contribution in [0, 0.1) is 0 Å². The molecule has 0 amide bonds. The van der Waals surface area contributed by atoms with E-state index >= 15 is 0 Å². The molecule has 0 heterocycles.